The average molecular weight is 423 g/mol. The summed E-state index contributed by atoms with van der Waals surface area (Å²) in [6.45, 7) is 4.52. The number of sulfonamides is 1. The minimum Gasteiger partial charge on any atom is -0.482 e. The van der Waals surface area contributed by atoms with Crippen LogP contribution in [0.4, 0.5) is 5.69 Å². The van der Waals surface area contributed by atoms with Crippen LogP contribution in [0.25, 0.3) is 0 Å². The highest BCUT2D eigenvalue weighted by molar-refractivity contribution is 7.89. The fraction of sp³-hybridized carbons (Fsp3) is 0.350. The minimum absolute atomic E-state index is 0.0128. The zero-order valence-corrected chi connectivity index (χ0v) is 17.4. The van der Waals surface area contributed by atoms with E-state index in [0.29, 0.717) is 23.8 Å². The molecule has 6 nitrogen and oxygen atoms in total. The Bertz CT molecular complexity index is 986. The molecule has 1 amide bonds. The van der Waals surface area contributed by atoms with Crippen molar-refractivity contribution < 1.29 is 17.9 Å². The smallest absolute Gasteiger partial charge is 0.262 e. The standard InChI is InChI=1S/C20H23ClN2O4S/c1-14-5-7-17(15(2)11-14)22-20(24)13-27-18-8-6-16(21)12-19(18)28(25,26)23-9-3-4-10-23/h5-8,11-12H,3-4,9-10,13H2,1-2H3,(H,22,24). The number of benzene rings is 2. The summed E-state index contributed by atoms with van der Waals surface area (Å²) >= 11 is 6.01. The highest BCUT2D eigenvalue weighted by atomic mass is 35.5. The lowest BCUT2D eigenvalue weighted by Gasteiger charge is -2.18. The van der Waals surface area contributed by atoms with Crippen molar-refractivity contribution in [3.63, 3.8) is 0 Å². The normalized spacial score (nSPS) is 14.8. The van der Waals surface area contributed by atoms with Gasteiger partial charge < -0.3 is 10.1 Å². The lowest BCUT2D eigenvalue weighted by Crippen LogP contribution is -2.29. The van der Waals surface area contributed by atoms with Gasteiger partial charge in [-0.25, -0.2) is 8.42 Å². The second-order valence-corrected chi connectivity index (χ2v) is 9.20. The molecule has 2 aromatic carbocycles. The van der Waals surface area contributed by atoms with Gasteiger partial charge in [-0.3, -0.25) is 4.79 Å². The molecule has 3 rings (SSSR count). The largest absolute Gasteiger partial charge is 0.482 e. The van der Waals surface area contributed by atoms with Crippen LogP contribution in [0.5, 0.6) is 5.75 Å². The number of carbonyl (C=O) groups excluding carboxylic acids is 1. The fourth-order valence-corrected chi connectivity index (χ4v) is 5.06. The lowest BCUT2D eigenvalue weighted by molar-refractivity contribution is -0.118. The Balaban J connectivity index is 1.74. The molecule has 1 N–H and O–H groups in total. The second kappa shape index (κ2) is 8.51. The minimum atomic E-state index is -3.72. The second-order valence-electron chi connectivity index (χ2n) is 6.86. The zero-order chi connectivity index (χ0) is 20.3. The number of halogens is 1. The Hall–Kier alpha value is -2.09. The van der Waals surface area contributed by atoms with E-state index in [4.69, 9.17) is 16.3 Å². The number of hydrogen-bond acceptors (Lipinski definition) is 4. The zero-order valence-electron chi connectivity index (χ0n) is 15.9. The summed E-state index contributed by atoms with van der Waals surface area (Å²) in [5.74, 6) is -0.251. The van der Waals surface area contributed by atoms with E-state index in [-0.39, 0.29) is 23.2 Å². The molecule has 0 bridgehead atoms. The van der Waals surface area contributed by atoms with Crippen LogP contribution in [0, 0.1) is 13.8 Å². The van der Waals surface area contributed by atoms with E-state index >= 15 is 0 Å². The van der Waals surface area contributed by atoms with E-state index in [2.05, 4.69) is 5.32 Å². The van der Waals surface area contributed by atoms with Crippen LogP contribution in [0.1, 0.15) is 24.0 Å². The van der Waals surface area contributed by atoms with Crippen molar-refractivity contribution in [3.8, 4) is 5.75 Å². The maximum absolute atomic E-state index is 12.9. The Morgan fingerprint density at radius 2 is 1.86 bits per heavy atom. The van der Waals surface area contributed by atoms with E-state index in [9.17, 15) is 13.2 Å². The van der Waals surface area contributed by atoms with Crippen LogP contribution in [-0.2, 0) is 14.8 Å². The van der Waals surface area contributed by atoms with E-state index in [1.54, 1.807) is 6.07 Å². The Morgan fingerprint density at radius 1 is 1.14 bits per heavy atom. The molecule has 0 atom stereocenters. The van der Waals surface area contributed by atoms with Crippen molar-refractivity contribution in [2.45, 2.75) is 31.6 Å². The molecule has 1 saturated heterocycles. The summed E-state index contributed by atoms with van der Waals surface area (Å²) in [5.41, 5.74) is 2.74. The van der Waals surface area contributed by atoms with Crippen molar-refractivity contribution in [1.29, 1.82) is 0 Å². The topological polar surface area (TPSA) is 75.7 Å². The van der Waals surface area contributed by atoms with Crippen molar-refractivity contribution >= 4 is 33.2 Å². The van der Waals surface area contributed by atoms with Gasteiger partial charge in [-0.1, -0.05) is 29.3 Å². The average Bonchev–Trinajstić information content (AvgIpc) is 3.18. The highest BCUT2D eigenvalue weighted by Crippen LogP contribution is 2.31. The molecule has 8 heteroatoms. The first-order valence-corrected chi connectivity index (χ1v) is 10.9. The molecular weight excluding hydrogens is 400 g/mol. The maximum atomic E-state index is 12.9. The molecule has 1 heterocycles. The maximum Gasteiger partial charge on any atom is 0.262 e. The summed E-state index contributed by atoms with van der Waals surface area (Å²) in [5, 5.41) is 3.08. The SMILES string of the molecule is Cc1ccc(NC(=O)COc2ccc(Cl)cc2S(=O)(=O)N2CCCC2)c(C)c1. The predicted molar refractivity (Wildman–Crippen MR) is 109 cm³/mol. The molecule has 0 saturated carbocycles. The van der Waals surface area contributed by atoms with Crippen molar-refractivity contribution in [2.24, 2.45) is 0 Å². The number of carbonyl (C=O) groups is 1. The first kappa shape index (κ1) is 20.6. The van der Waals surface area contributed by atoms with Gasteiger partial charge in [0.25, 0.3) is 5.91 Å². The summed E-state index contributed by atoms with van der Waals surface area (Å²) in [7, 11) is -3.72. The van der Waals surface area contributed by atoms with Gasteiger partial charge >= 0.3 is 0 Å². The lowest BCUT2D eigenvalue weighted by atomic mass is 10.1. The van der Waals surface area contributed by atoms with Gasteiger partial charge in [0.15, 0.2) is 6.61 Å². The summed E-state index contributed by atoms with van der Waals surface area (Å²) in [6, 6.07) is 10.1. The number of aryl methyl sites for hydroxylation is 2. The Labute approximate surface area is 170 Å². The van der Waals surface area contributed by atoms with Gasteiger partial charge in [0.05, 0.1) is 0 Å². The van der Waals surface area contributed by atoms with Gasteiger partial charge in [0.2, 0.25) is 10.0 Å². The van der Waals surface area contributed by atoms with Crippen LogP contribution in [0.2, 0.25) is 5.02 Å². The third-order valence-corrected chi connectivity index (χ3v) is 6.76. The number of nitrogens with one attached hydrogen (secondary N) is 1. The summed E-state index contributed by atoms with van der Waals surface area (Å²) in [6.07, 6.45) is 1.66. The first-order chi connectivity index (χ1) is 13.3. The van der Waals surface area contributed by atoms with Gasteiger partial charge in [-0.2, -0.15) is 4.31 Å². The van der Waals surface area contributed by atoms with Crippen LogP contribution in [0.3, 0.4) is 0 Å². The monoisotopic (exact) mass is 422 g/mol. The number of nitrogens with zero attached hydrogens (tertiary/aromatic N) is 1. The Kier molecular flexibility index (Phi) is 6.27. The molecule has 1 aliphatic heterocycles. The molecule has 0 aliphatic carbocycles. The van der Waals surface area contributed by atoms with Crippen molar-refractivity contribution in [2.75, 3.05) is 25.0 Å². The summed E-state index contributed by atoms with van der Waals surface area (Å²) < 4.78 is 32.8. The Morgan fingerprint density at radius 3 is 2.54 bits per heavy atom. The van der Waals surface area contributed by atoms with E-state index in [0.717, 1.165) is 24.0 Å². The number of rotatable bonds is 6. The molecule has 0 spiro atoms. The number of ether oxygens (including phenoxy) is 1. The van der Waals surface area contributed by atoms with E-state index < -0.39 is 10.0 Å². The van der Waals surface area contributed by atoms with Gasteiger partial charge in [0, 0.05) is 23.8 Å². The molecule has 28 heavy (non-hydrogen) atoms. The molecule has 1 aliphatic rings. The predicted octanol–water partition coefficient (Wildman–Crippen LogP) is 3.76. The van der Waals surface area contributed by atoms with Crippen LogP contribution in [0.15, 0.2) is 41.3 Å². The highest BCUT2D eigenvalue weighted by Gasteiger charge is 2.30. The molecule has 0 radical (unpaired) electrons. The molecule has 2 aromatic rings. The van der Waals surface area contributed by atoms with E-state index in [1.807, 2.05) is 32.0 Å². The number of hydrogen-bond donors (Lipinski definition) is 1. The third-order valence-electron chi connectivity index (χ3n) is 4.60. The summed E-state index contributed by atoms with van der Waals surface area (Å²) in [4.78, 5) is 12.3. The molecule has 1 fully saturated rings. The van der Waals surface area contributed by atoms with Crippen molar-refractivity contribution in [3.05, 3.63) is 52.5 Å². The fourth-order valence-electron chi connectivity index (χ4n) is 3.15. The first-order valence-electron chi connectivity index (χ1n) is 9.07. The van der Waals surface area contributed by atoms with Crippen LogP contribution >= 0.6 is 11.6 Å². The molecule has 0 aromatic heterocycles. The quantitative estimate of drug-likeness (QED) is 0.769. The van der Waals surface area contributed by atoms with Gasteiger partial charge in [-0.15, -0.1) is 0 Å². The van der Waals surface area contributed by atoms with Gasteiger partial charge in [-0.05, 0) is 56.5 Å². The van der Waals surface area contributed by atoms with Crippen LogP contribution < -0.4 is 10.1 Å². The third kappa shape index (κ3) is 4.66. The van der Waals surface area contributed by atoms with E-state index in [1.165, 1.54) is 16.4 Å². The molecule has 150 valence electrons. The van der Waals surface area contributed by atoms with Gasteiger partial charge in [0.1, 0.15) is 10.6 Å². The van der Waals surface area contributed by atoms with Crippen molar-refractivity contribution in [1.82, 2.24) is 4.31 Å². The molecular formula is C20H23ClN2O4S. The number of anilines is 1. The number of amides is 1. The van der Waals surface area contributed by atoms with Crippen LogP contribution in [-0.4, -0.2) is 38.3 Å². The molecule has 0 unspecified atom stereocenters.